The molecule has 26 heavy (non-hydrogen) atoms. The number of rotatable bonds is 4. The van der Waals surface area contributed by atoms with Crippen LogP contribution >= 0.6 is 11.8 Å². The minimum absolute atomic E-state index is 0.0690. The lowest BCUT2D eigenvalue weighted by Crippen LogP contribution is -2.29. The molecule has 0 radical (unpaired) electrons. The van der Waals surface area contributed by atoms with Crippen molar-refractivity contribution in [3.8, 4) is 5.75 Å². The summed E-state index contributed by atoms with van der Waals surface area (Å²) >= 11 is 1.79. The Morgan fingerprint density at radius 3 is 2.96 bits per heavy atom. The summed E-state index contributed by atoms with van der Waals surface area (Å²) in [5.41, 5.74) is 2.83. The van der Waals surface area contributed by atoms with Crippen molar-refractivity contribution in [1.29, 1.82) is 0 Å². The van der Waals surface area contributed by atoms with Crippen LogP contribution < -0.4 is 15.0 Å². The summed E-state index contributed by atoms with van der Waals surface area (Å²) in [5, 5.41) is 7.45. The Kier molecular flexibility index (Phi) is 4.36. The molecule has 7 nitrogen and oxygen atoms in total. The molecule has 0 spiro atoms. The van der Waals surface area contributed by atoms with Crippen molar-refractivity contribution in [2.24, 2.45) is 13.0 Å². The second-order valence-corrected chi connectivity index (χ2v) is 7.44. The van der Waals surface area contributed by atoms with Crippen molar-refractivity contribution in [1.82, 2.24) is 9.78 Å². The fourth-order valence-corrected chi connectivity index (χ4v) is 4.52. The minimum atomic E-state index is -0.396. The van der Waals surface area contributed by atoms with Gasteiger partial charge in [0.05, 0.1) is 24.4 Å². The zero-order valence-corrected chi connectivity index (χ0v) is 15.5. The third-order valence-corrected chi connectivity index (χ3v) is 5.80. The largest absolute Gasteiger partial charge is 0.495 e. The Bertz CT molecular complexity index is 879. The van der Waals surface area contributed by atoms with Gasteiger partial charge in [-0.15, -0.1) is 0 Å². The highest BCUT2D eigenvalue weighted by molar-refractivity contribution is 7.98. The summed E-state index contributed by atoms with van der Waals surface area (Å²) in [6.07, 6.45) is 0.193. The second-order valence-electron chi connectivity index (χ2n) is 6.46. The first-order valence-corrected chi connectivity index (χ1v) is 9.60. The number of ether oxygens (including phenoxy) is 1. The van der Waals surface area contributed by atoms with Gasteiger partial charge in [-0.25, -0.2) is 0 Å². The number of aromatic nitrogens is 2. The molecular weight excluding hydrogens is 352 g/mol. The monoisotopic (exact) mass is 372 g/mol. The molecule has 1 fully saturated rings. The number of carbonyl (C=O) groups is 2. The first kappa shape index (κ1) is 17.0. The highest BCUT2D eigenvalue weighted by Gasteiger charge is 2.37. The average molecular weight is 372 g/mol. The van der Waals surface area contributed by atoms with E-state index in [1.807, 2.05) is 31.3 Å². The van der Waals surface area contributed by atoms with Crippen molar-refractivity contribution < 1.29 is 14.3 Å². The van der Waals surface area contributed by atoms with Crippen LogP contribution in [0.15, 0.2) is 24.3 Å². The number of nitrogens with one attached hydrogen (secondary N) is 1. The van der Waals surface area contributed by atoms with Gasteiger partial charge in [0, 0.05) is 37.1 Å². The van der Waals surface area contributed by atoms with Gasteiger partial charge in [-0.1, -0.05) is 12.1 Å². The maximum atomic E-state index is 12.8. The zero-order valence-electron chi connectivity index (χ0n) is 14.7. The average Bonchev–Trinajstić information content (AvgIpc) is 3.32. The molecule has 1 saturated heterocycles. The predicted octanol–water partition coefficient (Wildman–Crippen LogP) is 2.17. The van der Waals surface area contributed by atoms with E-state index in [1.165, 1.54) is 0 Å². The summed E-state index contributed by atoms with van der Waals surface area (Å²) in [7, 11) is 3.41. The minimum Gasteiger partial charge on any atom is -0.495 e. The van der Waals surface area contributed by atoms with Crippen LogP contribution in [0.2, 0.25) is 0 Å². The van der Waals surface area contributed by atoms with Crippen LogP contribution in [-0.2, 0) is 28.1 Å². The van der Waals surface area contributed by atoms with Gasteiger partial charge in [0.1, 0.15) is 11.6 Å². The van der Waals surface area contributed by atoms with Crippen LogP contribution in [0, 0.1) is 5.92 Å². The van der Waals surface area contributed by atoms with Crippen LogP contribution in [-0.4, -0.2) is 35.2 Å². The molecule has 8 heteroatoms. The normalized spacial score (nSPS) is 18.9. The van der Waals surface area contributed by atoms with Crippen molar-refractivity contribution in [3.63, 3.8) is 0 Å². The third-order valence-electron chi connectivity index (χ3n) is 4.83. The molecular formula is C18H20N4O3S. The third kappa shape index (κ3) is 2.84. The van der Waals surface area contributed by atoms with Gasteiger partial charge in [-0.3, -0.25) is 14.3 Å². The summed E-state index contributed by atoms with van der Waals surface area (Å²) in [6.45, 7) is 0.347. The molecule has 2 aromatic rings. The van der Waals surface area contributed by atoms with Crippen molar-refractivity contribution in [2.45, 2.75) is 17.9 Å². The lowest BCUT2D eigenvalue weighted by molar-refractivity contribution is -0.122. The Morgan fingerprint density at radius 2 is 2.15 bits per heavy atom. The fraction of sp³-hybridized carbons (Fsp3) is 0.389. The van der Waals surface area contributed by atoms with Gasteiger partial charge in [0.25, 0.3) is 0 Å². The quantitative estimate of drug-likeness (QED) is 0.890. The molecule has 1 aromatic carbocycles. The summed E-state index contributed by atoms with van der Waals surface area (Å²) in [6, 6.07) is 7.36. The number of benzene rings is 1. The second kappa shape index (κ2) is 6.68. The summed E-state index contributed by atoms with van der Waals surface area (Å²) in [4.78, 5) is 26.9. The number of methoxy groups -OCH3 is 1. The van der Waals surface area contributed by atoms with Crippen LogP contribution in [0.1, 0.15) is 17.7 Å². The Hall–Kier alpha value is -2.48. The van der Waals surface area contributed by atoms with Crippen molar-refractivity contribution in [2.75, 3.05) is 23.9 Å². The lowest BCUT2D eigenvalue weighted by atomic mass is 10.1. The number of aryl methyl sites for hydroxylation is 1. The van der Waals surface area contributed by atoms with E-state index in [0.29, 0.717) is 18.0 Å². The van der Waals surface area contributed by atoms with Gasteiger partial charge < -0.3 is 15.0 Å². The molecule has 1 N–H and O–H groups in total. The van der Waals surface area contributed by atoms with Gasteiger partial charge in [-0.2, -0.15) is 16.9 Å². The summed E-state index contributed by atoms with van der Waals surface area (Å²) < 4.78 is 7.06. The fourth-order valence-electron chi connectivity index (χ4n) is 3.48. The van der Waals surface area contributed by atoms with Crippen LogP contribution in [0.4, 0.5) is 11.5 Å². The van der Waals surface area contributed by atoms with E-state index in [1.54, 1.807) is 28.5 Å². The predicted molar refractivity (Wildman–Crippen MR) is 100 cm³/mol. The van der Waals surface area contributed by atoms with E-state index in [4.69, 9.17) is 4.74 Å². The number of fused-ring (bicyclic) bond motifs is 1. The molecule has 3 heterocycles. The Labute approximate surface area is 155 Å². The molecule has 1 atom stereocenters. The molecule has 4 rings (SSSR count). The molecule has 2 aliphatic rings. The highest BCUT2D eigenvalue weighted by Crippen LogP contribution is 2.36. The zero-order chi connectivity index (χ0) is 18.3. The number of anilines is 2. The first-order chi connectivity index (χ1) is 12.6. The van der Waals surface area contributed by atoms with Crippen molar-refractivity contribution >= 4 is 35.1 Å². The van der Waals surface area contributed by atoms with Crippen LogP contribution in [0.25, 0.3) is 0 Å². The maximum Gasteiger partial charge on any atom is 0.230 e. The molecule has 1 unspecified atom stereocenters. The lowest BCUT2D eigenvalue weighted by Gasteiger charge is -2.19. The van der Waals surface area contributed by atoms with Crippen molar-refractivity contribution in [3.05, 3.63) is 35.5 Å². The van der Waals surface area contributed by atoms with E-state index in [2.05, 4.69) is 10.4 Å². The van der Waals surface area contributed by atoms with Gasteiger partial charge in [0.15, 0.2) is 0 Å². The maximum absolute atomic E-state index is 12.8. The van der Waals surface area contributed by atoms with Gasteiger partial charge in [-0.05, 0) is 12.1 Å². The number of carbonyl (C=O) groups excluding carboxylic acids is 2. The van der Waals surface area contributed by atoms with E-state index in [0.717, 1.165) is 28.6 Å². The van der Waals surface area contributed by atoms with E-state index in [9.17, 15) is 9.59 Å². The van der Waals surface area contributed by atoms with E-state index >= 15 is 0 Å². The van der Waals surface area contributed by atoms with Crippen LogP contribution in [0.3, 0.4) is 0 Å². The topological polar surface area (TPSA) is 76.5 Å². The number of hydrogen-bond acceptors (Lipinski definition) is 5. The smallest absolute Gasteiger partial charge is 0.230 e. The number of amides is 2. The molecule has 2 aliphatic heterocycles. The van der Waals surface area contributed by atoms with E-state index in [-0.39, 0.29) is 18.2 Å². The highest BCUT2D eigenvalue weighted by atomic mass is 32.2. The molecule has 0 saturated carbocycles. The molecule has 0 aliphatic carbocycles. The molecule has 1 aromatic heterocycles. The van der Waals surface area contributed by atoms with Gasteiger partial charge in [0.2, 0.25) is 11.8 Å². The Balaban J connectivity index is 1.51. The van der Waals surface area contributed by atoms with E-state index < -0.39 is 5.92 Å². The van der Waals surface area contributed by atoms with Gasteiger partial charge >= 0.3 is 0 Å². The SMILES string of the molecule is COc1ccccc1N1CC(C(=O)Nc2c3c(nn2C)CSC3)CC1=O. The summed E-state index contributed by atoms with van der Waals surface area (Å²) in [5.74, 6) is 2.51. The first-order valence-electron chi connectivity index (χ1n) is 8.45. The van der Waals surface area contributed by atoms with Crippen LogP contribution in [0.5, 0.6) is 5.75 Å². The number of thioether (sulfide) groups is 1. The number of para-hydroxylation sites is 2. The number of nitrogens with zero attached hydrogens (tertiary/aromatic N) is 3. The standard InChI is InChI=1S/C18H20N4O3S/c1-21-17(12-9-26-10-13(12)20-21)19-18(24)11-7-16(23)22(8-11)14-5-3-4-6-15(14)25-2/h3-6,11H,7-10H2,1-2H3,(H,19,24). The Morgan fingerprint density at radius 1 is 1.35 bits per heavy atom. The molecule has 136 valence electrons. The molecule has 2 amide bonds. The number of hydrogen-bond donors (Lipinski definition) is 1. The molecule has 0 bridgehead atoms.